The van der Waals surface area contributed by atoms with Crippen molar-refractivity contribution in [1.29, 1.82) is 0 Å². The first kappa shape index (κ1) is 30.3. The number of alkyl halides is 1. The van der Waals surface area contributed by atoms with Crippen molar-refractivity contribution in [3.8, 4) is 0 Å². The summed E-state index contributed by atoms with van der Waals surface area (Å²) in [5.74, 6) is -1.74. The van der Waals surface area contributed by atoms with Gasteiger partial charge < -0.3 is 20.1 Å². The Morgan fingerprint density at radius 3 is 2.49 bits per heavy atom. The van der Waals surface area contributed by atoms with Gasteiger partial charge in [0.05, 0.1) is 40.8 Å². The van der Waals surface area contributed by atoms with E-state index in [1.54, 1.807) is 20.8 Å². The van der Waals surface area contributed by atoms with Gasteiger partial charge in [-0.05, 0) is 44.3 Å². The molecule has 7 nitrogen and oxygen atoms in total. The SMILES string of the molecule is CC(=Cc1csc(C)n1)[C@@H]1C[C@@H](I)[C@H](O)CCCC(C)[C@H](O)[C@@H](C)C(=O)C(C)(C)[C@@H](O)CC(=O)O1. The van der Waals surface area contributed by atoms with E-state index in [0.717, 1.165) is 16.3 Å². The molecule has 35 heavy (non-hydrogen) atoms. The van der Waals surface area contributed by atoms with E-state index in [1.807, 2.05) is 32.2 Å². The van der Waals surface area contributed by atoms with Gasteiger partial charge in [0.2, 0.25) is 0 Å². The molecule has 1 aromatic heterocycles. The molecule has 0 bridgehead atoms. The molecule has 2 rings (SSSR count). The minimum Gasteiger partial charge on any atom is -0.458 e. The Kier molecular flexibility index (Phi) is 11.3. The van der Waals surface area contributed by atoms with Crippen LogP contribution in [0.3, 0.4) is 0 Å². The molecule has 0 amide bonds. The van der Waals surface area contributed by atoms with Gasteiger partial charge in [-0.1, -0.05) is 56.7 Å². The minimum absolute atomic E-state index is 0.140. The molecule has 1 saturated heterocycles. The molecule has 9 heteroatoms. The first-order valence-electron chi connectivity index (χ1n) is 12.3. The number of cyclic esters (lactones) is 1. The number of esters is 1. The van der Waals surface area contributed by atoms with Crippen LogP contribution in [0.4, 0.5) is 0 Å². The predicted octanol–water partition coefficient (Wildman–Crippen LogP) is 4.48. The predicted molar refractivity (Wildman–Crippen MR) is 146 cm³/mol. The molecule has 0 radical (unpaired) electrons. The summed E-state index contributed by atoms with van der Waals surface area (Å²) in [5.41, 5.74) is 0.359. The van der Waals surface area contributed by atoms with Gasteiger partial charge in [0, 0.05) is 21.6 Å². The number of aliphatic hydroxyl groups excluding tert-OH is 3. The smallest absolute Gasteiger partial charge is 0.309 e. The number of hydrogen-bond donors (Lipinski definition) is 3. The lowest BCUT2D eigenvalue weighted by Gasteiger charge is -2.35. The summed E-state index contributed by atoms with van der Waals surface area (Å²) >= 11 is 3.73. The topological polar surface area (TPSA) is 117 Å². The number of carbonyl (C=O) groups is 2. The van der Waals surface area contributed by atoms with Gasteiger partial charge in [-0.3, -0.25) is 9.59 Å². The summed E-state index contributed by atoms with van der Waals surface area (Å²) < 4.78 is 5.64. The maximum atomic E-state index is 13.2. The van der Waals surface area contributed by atoms with Crippen molar-refractivity contribution in [2.75, 3.05) is 0 Å². The first-order chi connectivity index (χ1) is 16.2. The van der Waals surface area contributed by atoms with Crippen molar-refractivity contribution in [1.82, 2.24) is 4.98 Å². The average molecular weight is 622 g/mol. The molecule has 198 valence electrons. The third-order valence-corrected chi connectivity index (χ3v) is 9.28. The van der Waals surface area contributed by atoms with Gasteiger partial charge in [-0.15, -0.1) is 11.3 Å². The van der Waals surface area contributed by atoms with Crippen molar-refractivity contribution >= 4 is 51.8 Å². The zero-order valence-electron chi connectivity index (χ0n) is 21.5. The van der Waals surface area contributed by atoms with Gasteiger partial charge in [0.25, 0.3) is 0 Å². The Hall–Kier alpha value is -0.880. The molecule has 1 aliphatic rings. The average Bonchev–Trinajstić information content (AvgIpc) is 3.20. The fourth-order valence-electron chi connectivity index (χ4n) is 4.48. The molecule has 0 aromatic carbocycles. The van der Waals surface area contributed by atoms with Crippen LogP contribution in [0.5, 0.6) is 0 Å². The highest BCUT2D eigenvalue weighted by Crippen LogP contribution is 2.33. The number of ketones is 1. The molecule has 1 unspecified atom stereocenters. The molecule has 0 saturated carbocycles. The van der Waals surface area contributed by atoms with E-state index < -0.39 is 41.7 Å². The van der Waals surface area contributed by atoms with E-state index in [0.29, 0.717) is 25.7 Å². The van der Waals surface area contributed by atoms with Crippen LogP contribution in [0, 0.1) is 24.2 Å². The van der Waals surface area contributed by atoms with Gasteiger partial charge in [0.15, 0.2) is 0 Å². The maximum Gasteiger partial charge on any atom is 0.309 e. The monoisotopic (exact) mass is 621 g/mol. The summed E-state index contributed by atoms with van der Waals surface area (Å²) in [5, 5.41) is 35.2. The lowest BCUT2D eigenvalue weighted by molar-refractivity contribution is -0.154. The molecular formula is C26H40INO6S. The van der Waals surface area contributed by atoms with Crippen LogP contribution in [-0.2, 0) is 14.3 Å². The second-order valence-electron chi connectivity index (χ2n) is 10.5. The standard InChI is InChI=1S/C26H40INO6S/c1-14-8-7-9-20(29)19(27)11-21(15(2)10-18-13-35-17(4)28-18)34-23(31)12-22(30)26(5,6)25(33)16(3)24(14)32/h10,13-14,16,19-22,24,29-30,32H,7-9,11-12H2,1-6H3/t14?,16-,19-,20-,21+,22+,24+/m1/s1. The molecule has 7 atom stereocenters. The highest BCUT2D eigenvalue weighted by Gasteiger charge is 2.42. The molecule has 1 aromatic rings. The van der Waals surface area contributed by atoms with Crippen LogP contribution >= 0.6 is 33.9 Å². The number of ether oxygens (including phenoxy) is 1. The zero-order chi connectivity index (χ0) is 26.5. The summed E-state index contributed by atoms with van der Waals surface area (Å²) in [6, 6.07) is 0. The summed E-state index contributed by atoms with van der Waals surface area (Å²) in [6.07, 6.45) is 0.534. The molecule has 3 N–H and O–H groups in total. The van der Waals surface area contributed by atoms with E-state index in [2.05, 4.69) is 27.6 Å². The van der Waals surface area contributed by atoms with Crippen LogP contribution < -0.4 is 0 Å². The maximum absolute atomic E-state index is 13.2. The number of rotatable bonds is 2. The van der Waals surface area contributed by atoms with Crippen LogP contribution in [0.2, 0.25) is 0 Å². The van der Waals surface area contributed by atoms with Crippen molar-refractivity contribution in [2.45, 2.75) is 102 Å². The number of thiazole rings is 1. The quantitative estimate of drug-likeness (QED) is 0.253. The molecule has 0 spiro atoms. The molecule has 2 heterocycles. The fraction of sp³-hybridized carbons (Fsp3) is 0.731. The van der Waals surface area contributed by atoms with E-state index in [4.69, 9.17) is 4.74 Å². The van der Waals surface area contributed by atoms with Crippen molar-refractivity contribution in [3.63, 3.8) is 0 Å². The van der Waals surface area contributed by atoms with Crippen LogP contribution in [0.15, 0.2) is 11.0 Å². The minimum atomic E-state index is -1.26. The fourth-order valence-corrected chi connectivity index (χ4v) is 5.87. The van der Waals surface area contributed by atoms with Gasteiger partial charge >= 0.3 is 5.97 Å². The number of halogens is 1. The van der Waals surface area contributed by atoms with E-state index in [9.17, 15) is 24.9 Å². The Labute approximate surface area is 226 Å². The number of nitrogens with zero attached hydrogens (tertiary/aromatic N) is 1. The number of aliphatic hydroxyl groups is 3. The van der Waals surface area contributed by atoms with Crippen LogP contribution in [-0.4, -0.2) is 60.4 Å². The molecule has 1 aliphatic heterocycles. The Morgan fingerprint density at radius 2 is 1.89 bits per heavy atom. The van der Waals surface area contributed by atoms with E-state index in [1.165, 1.54) is 11.3 Å². The number of aryl methyl sites for hydroxylation is 1. The third kappa shape index (κ3) is 8.31. The molecule has 0 aliphatic carbocycles. The van der Waals surface area contributed by atoms with E-state index in [-0.39, 0.29) is 22.0 Å². The second kappa shape index (κ2) is 13.1. The van der Waals surface area contributed by atoms with Gasteiger partial charge in [-0.2, -0.15) is 0 Å². The lowest BCUT2D eigenvalue weighted by atomic mass is 9.73. The molecular weight excluding hydrogens is 581 g/mol. The highest BCUT2D eigenvalue weighted by atomic mass is 127. The third-order valence-electron chi connectivity index (χ3n) is 7.15. The largest absolute Gasteiger partial charge is 0.458 e. The summed E-state index contributed by atoms with van der Waals surface area (Å²) in [7, 11) is 0. The Bertz CT molecular complexity index is 900. The van der Waals surface area contributed by atoms with Crippen molar-refractivity contribution in [3.05, 3.63) is 21.7 Å². The molecule has 1 fully saturated rings. The van der Waals surface area contributed by atoms with Gasteiger partial charge in [-0.25, -0.2) is 4.98 Å². The summed E-state index contributed by atoms with van der Waals surface area (Å²) in [4.78, 5) is 30.5. The number of Topliss-reactive ketones (excluding diaryl/α,β-unsaturated/α-hetero) is 1. The Balaban J connectivity index is 2.33. The van der Waals surface area contributed by atoms with E-state index >= 15 is 0 Å². The number of aromatic nitrogens is 1. The zero-order valence-corrected chi connectivity index (χ0v) is 24.5. The van der Waals surface area contributed by atoms with Crippen LogP contribution in [0.1, 0.15) is 77.4 Å². The van der Waals surface area contributed by atoms with Crippen molar-refractivity contribution in [2.24, 2.45) is 17.3 Å². The lowest BCUT2D eigenvalue weighted by Crippen LogP contribution is -2.45. The van der Waals surface area contributed by atoms with Crippen molar-refractivity contribution < 1.29 is 29.6 Å². The normalized spacial score (nSPS) is 34.5. The second-order valence-corrected chi connectivity index (χ2v) is 13.1. The highest BCUT2D eigenvalue weighted by molar-refractivity contribution is 14.1. The number of hydrogen-bond acceptors (Lipinski definition) is 8. The first-order valence-corrected chi connectivity index (χ1v) is 14.4. The van der Waals surface area contributed by atoms with Crippen LogP contribution in [0.25, 0.3) is 6.08 Å². The number of carbonyl (C=O) groups excluding carboxylic acids is 2. The Morgan fingerprint density at radius 1 is 1.23 bits per heavy atom. The van der Waals surface area contributed by atoms with Gasteiger partial charge in [0.1, 0.15) is 11.9 Å². The summed E-state index contributed by atoms with van der Waals surface area (Å²) in [6.45, 7) is 10.6.